The summed E-state index contributed by atoms with van der Waals surface area (Å²) in [5.41, 5.74) is 1.53. The summed E-state index contributed by atoms with van der Waals surface area (Å²) < 4.78 is 6.54. The van der Waals surface area contributed by atoms with Crippen LogP contribution in [-0.2, 0) is 14.0 Å². The summed E-state index contributed by atoms with van der Waals surface area (Å²) in [4.78, 5) is 27.0. The third kappa shape index (κ3) is 2.74. The smallest absolute Gasteiger partial charge is 0.233 e. The molecule has 1 saturated carbocycles. The molecule has 25 heavy (non-hydrogen) atoms. The topological polar surface area (TPSA) is 46.6 Å². The van der Waals surface area contributed by atoms with Gasteiger partial charge in [-0.2, -0.15) is 0 Å². The van der Waals surface area contributed by atoms with Crippen molar-refractivity contribution < 1.29 is 14.0 Å². The molecule has 4 atom stereocenters. The van der Waals surface area contributed by atoms with Crippen molar-refractivity contribution in [2.45, 2.75) is 64.6 Å². The van der Waals surface area contributed by atoms with Gasteiger partial charge in [0, 0.05) is 0 Å². The molecule has 1 aliphatic heterocycles. The number of hydrogen-bond acceptors (Lipinski definition) is 3. The number of carbonyl (C=O) groups is 2. The molecule has 1 saturated heterocycles. The van der Waals surface area contributed by atoms with E-state index < -0.39 is 8.32 Å². The highest BCUT2D eigenvalue weighted by Crippen LogP contribution is 2.52. The molecular weight excluding hydrogens is 330 g/mol. The minimum Gasteiger partial charge on any atom is -0.414 e. The number of allylic oxidation sites excluding steroid dienone is 2. The highest BCUT2D eigenvalue weighted by molar-refractivity contribution is 6.77. The molecule has 0 radical (unpaired) electrons. The number of nitrogens with zero attached hydrogens (tertiary/aromatic N) is 1. The molecule has 3 aliphatic rings. The van der Waals surface area contributed by atoms with Crippen LogP contribution in [0.4, 0.5) is 0 Å². The molecule has 2 bridgehead atoms. The van der Waals surface area contributed by atoms with E-state index >= 15 is 0 Å². The Hall–Kier alpha value is -0.943. The lowest BCUT2D eigenvalue weighted by atomic mass is 9.85. The van der Waals surface area contributed by atoms with Gasteiger partial charge in [-0.05, 0) is 34.9 Å². The lowest BCUT2D eigenvalue weighted by Crippen LogP contribution is -2.49. The van der Waals surface area contributed by atoms with Crippen LogP contribution in [0.5, 0.6) is 0 Å². The van der Waals surface area contributed by atoms with Crippen molar-refractivity contribution in [3.63, 3.8) is 0 Å². The zero-order chi connectivity index (χ0) is 18.5. The Morgan fingerprint density at radius 1 is 0.960 bits per heavy atom. The minimum absolute atomic E-state index is 0.0429. The summed E-state index contributed by atoms with van der Waals surface area (Å²) in [6.07, 6.45) is 5.28. The first kappa shape index (κ1) is 18.8. The van der Waals surface area contributed by atoms with Crippen LogP contribution >= 0.6 is 0 Å². The van der Waals surface area contributed by atoms with Crippen LogP contribution in [0.15, 0.2) is 12.2 Å². The second-order valence-electron chi connectivity index (χ2n) is 8.99. The highest BCUT2D eigenvalue weighted by Gasteiger charge is 2.59. The van der Waals surface area contributed by atoms with Gasteiger partial charge < -0.3 is 4.43 Å². The number of carbonyl (C=O) groups excluding carboxylic acids is 2. The first-order chi connectivity index (χ1) is 11.7. The first-order valence-electron chi connectivity index (χ1n) is 9.89. The molecule has 2 aliphatic carbocycles. The molecule has 2 fully saturated rings. The van der Waals surface area contributed by atoms with Gasteiger partial charge in [0.05, 0.1) is 25.0 Å². The van der Waals surface area contributed by atoms with Gasteiger partial charge in [-0.15, -0.1) is 0 Å². The second kappa shape index (κ2) is 6.65. The lowest BCUT2D eigenvalue weighted by molar-refractivity contribution is -0.141. The quantitative estimate of drug-likeness (QED) is 0.390. The van der Waals surface area contributed by atoms with Gasteiger partial charge in [0.25, 0.3) is 0 Å². The molecule has 4 nitrogen and oxygen atoms in total. The van der Waals surface area contributed by atoms with Crippen molar-refractivity contribution in [1.29, 1.82) is 0 Å². The van der Waals surface area contributed by atoms with Crippen LogP contribution in [0, 0.1) is 23.7 Å². The fraction of sp³-hybridized carbons (Fsp3) is 0.800. The molecule has 140 valence electrons. The molecule has 0 spiro atoms. The Bertz CT molecular complexity index is 532. The van der Waals surface area contributed by atoms with E-state index in [1.807, 2.05) is 0 Å². The molecule has 0 N–H and O–H groups in total. The third-order valence-corrected chi connectivity index (χ3v) is 13.1. The van der Waals surface area contributed by atoms with Crippen molar-refractivity contribution in [3.8, 4) is 0 Å². The Labute approximate surface area is 153 Å². The van der Waals surface area contributed by atoms with Crippen molar-refractivity contribution in [1.82, 2.24) is 4.90 Å². The Morgan fingerprint density at radius 3 is 1.80 bits per heavy atom. The van der Waals surface area contributed by atoms with Crippen LogP contribution in [0.2, 0.25) is 16.6 Å². The lowest BCUT2D eigenvalue weighted by Gasteiger charge is -2.42. The van der Waals surface area contributed by atoms with E-state index in [1.54, 1.807) is 0 Å². The standard InChI is InChI=1S/C20H33NO3Si/c1-12(2)25(13(3)4,14(5)6)24-10-9-21-19(22)17-15-7-8-16(11-15)18(17)20(21)23/h7-8,12-18H,9-11H2,1-6H3. The number of imide groups is 1. The van der Waals surface area contributed by atoms with Gasteiger partial charge in [0.2, 0.25) is 11.8 Å². The van der Waals surface area contributed by atoms with Gasteiger partial charge in [-0.25, -0.2) is 0 Å². The Morgan fingerprint density at radius 2 is 1.40 bits per heavy atom. The van der Waals surface area contributed by atoms with E-state index in [0.29, 0.717) is 29.8 Å². The Kier molecular flexibility index (Phi) is 5.01. The predicted octanol–water partition coefficient (Wildman–Crippen LogP) is 3.99. The van der Waals surface area contributed by atoms with Gasteiger partial charge in [-0.1, -0.05) is 53.7 Å². The molecule has 2 amide bonds. The van der Waals surface area contributed by atoms with Gasteiger partial charge in [0.1, 0.15) is 0 Å². The molecule has 5 heteroatoms. The summed E-state index contributed by atoms with van der Waals surface area (Å²) in [6.45, 7) is 14.4. The normalized spacial score (nSPS) is 31.3. The van der Waals surface area contributed by atoms with Crippen molar-refractivity contribution >= 4 is 20.1 Å². The number of amides is 2. The van der Waals surface area contributed by atoms with Crippen LogP contribution in [-0.4, -0.2) is 38.2 Å². The van der Waals surface area contributed by atoms with E-state index in [9.17, 15) is 9.59 Å². The molecule has 1 heterocycles. The van der Waals surface area contributed by atoms with Crippen molar-refractivity contribution in [2.24, 2.45) is 23.7 Å². The van der Waals surface area contributed by atoms with Crippen molar-refractivity contribution in [3.05, 3.63) is 12.2 Å². The highest BCUT2D eigenvalue weighted by atomic mass is 28.4. The monoisotopic (exact) mass is 363 g/mol. The summed E-state index contributed by atoms with van der Waals surface area (Å²) in [5.74, 6) is 0.470. The molecule has 0 aromatic carbocycles. The van der Waals surface area contributed by atoms with E-state index in [2.05, 4.69) is 53.7 Å². The van der Waals surface area contributed by atoms with Crippen LogP contribution in [0.25, 0.3) is 0 Å². The molecule has 3 rings (SSSR count). The van der Waals surface area contributed by atoms with Crippen LogP contribution < -0.4 is 0 Å². The average Bonchev–Trinajstić information content (AvgIpc) is 3.19. The first-order valence-corrected chi connectivity index (χ1v) is 12.0. The average molecular weight is 364 g/mol. The summed E-state index contributed by atoms with van der Waals surface area (Å²) in [5, 5.41) is 0. The SMILES string of the molecule is CC(C)[Si](OCCN1C(=O)C2C3C=CC(C3)C2C1=O)(C(C)C)C(C)C. The third-order valence-electron chi connectivity index (χ3n) is 6.94. The van der Waals surface area contributed by atoms with Gasteiger partial charge in [0.15, 0.2) is 8.32 Å². The maximum absolute atomic E-state index is 12.8. The zero-order valence-electron chi connectivity index (χ0n) is 16.5. The summed E-state index contributed by atoms with van der Waals surface area (Å²) in [6, 6.07) is 0. The van der Waals surface area contributed by atoms with Crippen LogP contribution in [0.1, 0.15) is 48.0 Å². The number of fused-ring (bicyclic) bond motifs is 5. The number of hydrogen-bond donors (Lipinski definition) is 0. The Balaban J connectivity index is 1.66. The molecular formula is C20H33NO3Si. The second-order valence-corrected chi connectivity index (χ2v) is 14.5. The predicted molar refractivity (Wildman–Crippen MR) is 101 cm³/mol. The number of likely N-dealkylation sites (tertiary alicyclic amines) is 1. The van der Waals surface area contributed by atoms with Gasteiger partial charge >= 0.3 is 0 Å². The molecule has 4 unspecified atom stereocenters. The van der Waals surface area contributed by atoms with E-state index in [-0.39, 0.29) is 35.5 Å². The molecule has 0 aromatic rings. The fourth-order valence-electron chi connectivity index (χ4n) is 6.00. The molecule has 0 aromatic heterocycles. The largest absolute Gasteiger partial charge is 0.414 e. The van der Waals surface area contributed by atoms with E-state index in [1.165, 1.54) is 4.90 Å². The summed E-state index contributed by atoms with van der Waals surface area (Å²) in [7, 11) is -1.95. The maximum Gasteiger partial charge on any atom is 0.233 e. The number of rotatable bonds is 7. The fourth-order valence-corrected chi connectivity index (χ4v) is 11.4. The maximum atomic E-state index is 12.8. The zero-order valence-corrected chi connectivity index (χ0v) is 17.5. The minimum atomic E-state index is -1.95. The van der Waals surface area contributed by atoms with Gasteiger partial charge in [-0.3, -0.25) is 14.5 Å². The summed E-state index contributed by atoms with van der Waals surface area (Å²) >= 11 is 0. The van der Waals surface area contributed by atoms with E-state index in [4.69, 9.17) is 4.43 Å². The van der Waals surface area contributed by atoms with Crippen molar-refractivity contribution in [2.75, 3.05) is 13.2 Å². The van der Waals surface area contributed by atoms with E-state index in [0.717, 1.165) is 6.42 Å². The van der Waals surface area contributed by atoms with Crippen LogP contribution in [0.3, 0.4) is 0 Å².